The Morgan fingerprint density at radius 2 is 2.17 bits per heavy atom. The molecular weight excluding hydrogens is 230 g/mol. The third kappa shape index (κ3) is 3.01. The highest BCUT2D eigenvalue weighted by Crippen LogP contribution is 2.29. The van der Waals surface area contributed by atoms with Crippen LogP contribution in [0, 0.1) is 5.41 Å². The molecule has 1 amide bonds. The van der Waals surface area contributed by atoms with Gasteiger partial charge in [-0.25, -0.2) is 4.79 Å². The summed E-state index contributed by atoms with van der Waals surface area (Å²) in [5, 5.41) is 9.25. The van der Waals surface area contributed by atoms with Crippen molar-refractivity contribution in [2.45, 2.75) is 20.0 Å². The third-order valence-electron chi connectivity index (χ3n) is 3.40. The second-order valence-corrected chi connectivity index (χ2v) is 5.18. The minimum Gasteiger partial charge on any atom is -0.445 e. The number of benzene rings is 1. The molecule has 0 aromatic heterocycles. The van der Waals surface area contributed by atoms with Gasteiger partial charge in [0.15, 0.2) is 0 Å². The average Bonchev–Trinajstić information content (AvgIpc) is 2.81. The molecule has 1 aromatic carbocycles. The molecule has 1 atom stereocenters. The number of ether oxygens (including phenoxy) is 1. The van der Waals surface area contributed by atoms with E-state index in [-0.39, 0.29) is 18.1 Å². The molecule has 1 N–H and O–H groups in total. The molecule has 1 aromatic rings. The highest BCUT2D eigenvalue weighted by Gasteiger charge is 2.36. The van der Waals surface area contributed by atoms with E-state index in [1.807, 2.05) is 37.3 Å². The molecule has 18 heavy (non-hydrogen) atoms. The molecular formula is C14H19NO3. The van der Waals surface area contributed by atoms with Crippen molar-refractivity contribution in [3.8, 4) is 0 Å². The van der Waals surface area contributed by atoms with E-state index in [0.29, 0.717) is 19.7 Å². The highest BCUT2D eigenvalue weighted by atomic mass is 16.6. The zero-order valence-corrected chi connectivity index (χ0v) is 10.6. The predicted octanol–water partition coefficient (Wildman–Crippen LogP) is 2.03. The van der Waals surface area contributed by atoms with Gasteiger partial charge in [0.05, 0.1) is 6.61 Å². The van der Waals surface area contributed by atoms with Crippen LogP contribution >= 0.6 is 0 Å². The second kappa shape index (κ2) is 5.40. The summed E-state index contributed by atoms with van der Waals surface area (Å²) in [6.45, 7) is 3.61. The Balaban J connectivity index is 1.83. The number of likely N-dealkylation sites (tertiary alicyclic amines) is 1. The molecule has 1 aliphatic rings. The first-order valence-corrected chi connectivity index (χ1v) is 6.19. The van der Waals surface area contributed by atoms with Gasteiger partial charge in [-0.15, -0.1) is 0 Å². The summed E-state index contributed by atoms with van der Waals surface area (Å²) in [7, 11) is 0. The van der Waals surface area contributed by atoms with Gasteiger partial charge in [0.1, 0.15) is 6.61 Å². The first kappa shape index (κ1) is 12.9. The van der Waals surface area contributed by atoms with E-state index in [0.717, 1.165) is 12.0 Å². The number of nitrogens with zero attached hydrogens (tertiary/aromatic N) is 1. The third-order valence-corrected chi connectivity index (χ3v) is 3.40. The van der Waals surface area contributed by atoms with Crippen LogP contribution in [0.3, 0.4) is 0 Å². The quantitative estimate of drug-likeness (QED) is 0.891. The van der Waals surface area contributed by atoms with E-state index in [9.17, 15) is 9.90 Å². The largest absolute Gasteiger partial charge is 0.445 e. The van der Waals surface area contributed by atoms with Crippen LogP contribution in [0.2, 0.25) is 0 Å². The fourth-order valence-electron chi connectivity index (χ4n) is 2.12. The number of rotatable bonds is 3. The van der Waals surface area contributed by atoms with Crippen molar-refractivity contribution in [1.82, 2.24) is 4.90 Å². The van der Waals surface area contributed by atoms with E-state index in [1.54, 1.807) is 4.90 Å². The maximum Gasteiger partial charge on any atom is 0.410 e. The van der Waals surface area contributed by atoms with Crippen molar-refractivity contribution >= 4 is 6.09 Å². The van der Waals surface area contributed by atoms with Gasteiger partial charge in [-0.2, -0.15) is 0 Å². The Bertz CT molecular complexity index is 407. The van der Waals surface area contributed by atoms with E-state index >= 15 is 0 Å². The van der Waals surface area contributed by atoms with Gasteiger partial charge in [-0.3, -0.25) is 0 Å². The molecule has 1 aliphatic heterocycles. The number of hydrogen-bond donors (Lipinski definition) is 1. The van der Waals surface area contributed by atoms with Gasteiger partial charge in [0, 0.05) is 18.5 Å². The monoisotopic (exact) mass is 249 g/mol. The molecule has 0 aliphatic carbocycles. The van der Waals surface area contributed by atoms with Gasteiger partial charge < -0.3 is 14.7 Å². The smallest absolute Gasteiger partial charge is 0.410 e. The summed E-state index contributed by atoms with van der Waals surface area (Å²) < 4.78 is 5.26. The maximum absolute atomic E-state index is 11.8. The Morgan fingerprint density at radius 3 is 2.78 bits per heavy atom. The van der Waals surface area contributed by atoms with Crippen LogP contribution in [0.25, 0.3) is 0 Å². The Kier molecular flexibility index (Phi) is 3.87. The second-order valence-electron chi connectivity index (χ2n) is 5.18. The van der Waals surface area contributed by atoms with Crippen LogP contribution in [-0.2, 0) is 11.3 Å². The fourth-order valence-corrected chi connectivity index (χ4v) is 2.12. The standard InChI is InChI=1S/C14H19NO3/c1-14(11-16)7-8-15(10-14)13(17)18-9-12-5-3-2-4-6-12/h2-6,16H,7-11H2,1H3/t14-/m1/s1. The lowest BCUT2D eigenvalue weighted by Crippen LogP contribution is -2.32. The van der Waals surface area contributed by atoms with Gasteiger partial charge in [-0.1, -0.05) is 37.3 Å². The molecule has 4 nitrogen and oxygen atoms in total. The number of hydrogen-bond acceptors (Lipinski definition) is 3. The fraction of sp³-hybridized carbons (Fsp3) is 0.500. The minimum atomic E-state index is -0.295. The van der Waals surface area contributed by atoms with Crippen LogP contribution in [-0.4, -0.2) is 35.8 Å². The lowest BCUT2D eigenvalue weighted by atomic mass is 9.91. The number of carbonyl (C=O) groups excluding carboxylic acids is 1. The maximum atomic E-state index is 11.8. The van der Waals surface area contributed by atoms with Gasteiger partial charge >= 0.3 is 6.09 Å². The van der Waals surface area contributed by atoms with Crippen molar-refractivity contribution in [1.29, 1.82) is 0 Å². The molecule has 0 saturated carbocycles. The number of aliphatic hydroxyl groups is 1. The lowest BCUT2D eigenvalue weighted by molar-refractivity contribution is 0.0936. The van der Waals surface area contributed by atoms with Crippen molar-refractivity contribution < 1.29 is 14.6 Å². The van der Waals surface area contributed by atoms with Gasteiger partial charge in [0.25, 0.3) is 0 Å². The van der Waals surface area contributed by atoms with Crippen molar-refractivity contribution in [2.75, 3.05) is 19.7 Å². The number of aliphatic hydroxyl groups excluding tert-OH is 1. The summed E-state index contributed by atoms with van der Waals surface area (Å²) in [6.07, 6.45) is 0.528. The van der Waals surface area contributed by atoms with Gasteiger partial charge in [0.2, 0.25) is 0 Å². The molecule has 0 bridgehead atoms. The van der Waals surface area contributed by atoms with Crippen molar-refractivity contribution in [3.63, 3.8) is 0 Å². The molecule has 1 saturated heterocycles. The van der Waals surface area contributed by atoms with Crippen LogP contribution in [0.1, 0.15) is 18.9 Å². The zero-order chi connectivity index (χ0) is 13.0. The summed E-state index contributed by atoms with van der Waals surface area (Å²) >= 11 is 0. The molecule has 0 radical (unpaired) electrons. The molecule has 98 valence electrons. The first-order chi connectivity index (χ1) is 8.63. The van der Waals surface area contributed by atoms with E-state index in [1.165, 1.54) is 0 Å². The first-order valence-electron chi connectivity index (χ1n) is 6.19. The topological polar surface area (TPSA) is 49.8 Å². The van der Waals surface area contributed by atoms with E-state index in [4.69, 9.17) is 4.74 Å². The van der Waals surface area contributed by atoms with Crippen molar-refractivity contribution in [2.24, 2.45) is 5.41 Å². The van der Waals surface area contributed by atoms with Crippen LogP contribution in [0.15, 0.2) is 30.3 Å². The molecule has 1 fully saturated rings. The predicted molar refractivity (Wildman–Crippen MR) is 68.0 cm³/mol. The van der Waals surface area contributed by atoms with Gasteiger partial charge in [-0.05, 0) is 12.0 Å². The summed E-state index contributed by atoms with van der Waals surface area (Å²) in [6, 6.07) is 9.62. The van der Waals surface area contributed by atoms with E-state index in [2.05, 4.69) is 0 Å². The molecule has 2 rings (SSSR count). The van der Waals surface area contributed by atoms with Crippen LogP contribution in [0.5, 0.6) is 0 Å². The Hall–Kier alpha value is -1.55. The molecule has 4 heteroatoms. The molecule has 0 spiro atoms. The summed E-state index contributed by atoms with van der Waals surface area (Å²) in [4.78, 5) is 13.5. The normalized spacial score (nSPS) is 23.1. The molecule has 1 heterocycles. The number of carbonyl (C=O) groups is 1. The average molecular weight is 249 g/mol. The highest BCUT2D eigenvalue weighted by molar-refractivity contribution is 5.68. The summed E-state index contributed by atoms with van der Waals surface area (Å²) in [5.74, 6) is 0. The minimum absolute atomic E-state index is 0.107. The lowest BCUT2D eigenvalue weighted by Gasteiger charge is -2.21. The Morgan fingerprint density at radius 1 is 1.44 bits per heavy atom. The van der Waals surface area contributed by atoms with Crippen LogP contribution < -0.4 is 0 Å². The summed E-state index contributed by atoms with van der Waals surface area (Å²) in [5.41, 5.74) is 0.807. The SMILES string of the molecule is C[C@@]1(CO)CCN(C(=O)OCc2ccccc2)C1. The molecule has 0 unspecified atom stereocenters. The van der Waals surface area contributed by atoms with Crippen LogP contribution in [0.4, 0.5) is 4.79 Å². The van der Waals surface area contributed by atoms with E-state index < -0.39 is 0 Å². The zero-order valence-electron chi connectivity index (χ0n) is 10.6. The Labute approximate surface area is 107 Å². The number of amides is 1. The van der Waals surface area contributed by atoms with Crippen molar-refractivity contribution in [3.05, 3.63) is 35.9 Å².